The fraction of sp³-hybridized carbons (Fsp3) is 0.350. The van der Waals surface area contributed by atoms with Crippen LogP contribution in [-0.2, 0) is 0 Å². The van der Waals surface area contributed by atoms with Gasteiger partial charge < -0.3 is 4.74 Å². The van der Waals surface area contributed by atoms with E-state index in [1.165, 1.54) is 11.1 Å². The molecule has 3 nitrogen and oxygen atoms in total. The molecule has 0 spiro atoms. The molecular formula is C20H26N2O. The Balaban J connectivity index is 2.02. The molecule has 2 aromatic carbocycles. The number of hydrogen-bond donors (Lipinski definition) is 1. The number of ether oxygens (including phenoxy) is 1. The zero-order chi connectivity index (χ0) is 16.7. The molecular weight excluding hydrogens is 284 g/mol. The van der Waals surface area contributed by atoms with Crippen molar-refractivity contribution in [2.24, 2.45) is 11.0 Å². The van der Waals surface area contributed by atoms with Gasteiger partial charge in [-0.3, -0.25) is 5.43 Å². The maximum atomic E-state index is 5.85. The predicted octanol–water partition coefficient (Wildman–Crippen LogP) is 5.17. The number of aryl methyl sites for hydroxylation is 2. The number of nitrogens with one attached hydrogen (secondary N) is 1. The first-order chi connectivity index (χ1) is 11.1. The Morgan fingerprint density at radius 2 is 1.74 bits per heavy atom. The number of benzene rings is 2. The summed E-state index contributed by atoms with van der Waals surface area (Å²) >= 11 is 0. The molecule has 0 aliphatic rings. The van der Waals surface area contributed by atoms with Crippen LogP contribution in [-0.4, -0.2) is 12.8 Å². The highest BCUT2D eigenvalue weighted by Gasteiger charge is 2.05. The van der Waals surface area contributed by atoms with Crippen molar-refractivity contribution in [2.45, 2.75) is 34.1 Å². The minimum Gasteiger partial charge on any atom is -0.494 e. The van der Waals surface area contributed by atoms with E-state index in [9.17, 15) is 0 Å². The number of hydrogen-bond acceptors (Lipinski definition) is 3. The van der Waals surface area contributed by atoms with Crippen molar-refractivity contribution in [2.75, 3.05) is 12.0 Å². The molecule has 122 valence electrons. The van der Waals surface area contributed by atoms with Gasteiger partial charge in [-0.2, -0.15) is 5.10 Å². The SMILES string of the molecule is Cc1cc(OCCC(C)C)cc(C)c1C=NNc1ccccc1. The number of nitrogens with zero attached hydrogens (tertiary/aromatic N) is 1. The lowest BCUT2D eigenvalue weighted by Gasteiger charge is -2.12. The Kier molecular flexibility index (Phi) is 6.21. The van der Waals surface area contributed by atoms with E-state index in [1.54, 1.807) is 0 Å². The Bertz CT molecular complexity index is 625. The molecule has 0 heterocycles. The van der Waals surface area contributed by atoms with Gasteiger partial charge in [0.25, 0.3) is 0 Å². The summed E-state index contributed by atoms with van der Waals surface area (Å²) < 4.78 is 5.85. The molecule has 0 fully saturated rings. The van der Waals surface area contributed by atoms with Crippen molar-refractivity contribution in [3.8, 4) is 5.75 Å². The normalized spacial score (nSPS) is 11.2. The van der Waals surface area contributed by atoms with Gasteiger partial charge in [0.15, 0.2) is 0 Å². The van der Waals surface area contributed by atoms with Crippen molar-refractivity contribution < 1.29 is 4.74 Å². The second-order valence-electron chi connectivity index (χ2n) is 6.24. The maximum absolute atomic E-state index is 5.85. The Morgan fingerprint density at radius 1 is 1.09 bits per heavy atom. The Morgan fingerprint density at radius 3 is 2.35 bits per heavy atom. The number of rotatable bonds is 7. The lowest BCUT2D eigenvalue weighted by Crippen LogP contribution is -2.03. The quantitative estimate of drug-likeness (QED) is 0.565. The van der Waals surface area contributed by atoms with Gasteiger partial charge in [0, 0.05) is 5.56 Å². The van der Waals surface area contributed by atoms with Crippen molar-refractivity contribution in [3.63, 3.8) is 0 Å². The van der Waals surface area contributed by atoms with Gasteiger partial charge in [-0.1, -0.05) is 32.0 Å². The topological polar surface area (TPSA) is 33.6 Å². The first-order valence-electron chi connectivity index (χ1n) is 8.14. The molecule has 0 aliphatic carbocycles. The number of anilines is 1. The van der Waals surface area contributed by atoms with Crippen molar-refractivity contribution in [3.05, 3.63) is 59.2 Å². The second-order valence-corrected chi connectivity index (χ2v) is 6.24. The van der Waals surface area contributed by atoms with E-state index < -0.39 is 0 Å². The summed E-state index contributed by atoms with van der Waals surface area (Å²) in [5, 5.41) is 4.33. The zero-order valence-electron chi connectivity index (χ0n) is 14.5. The monoisotopic (exact) mass is 310 g/mol. The second kappa shape index (κ2) is 8.37. The van der Waals surface area contributed by atoms with Gasteiger partial charge in [0.05, 0.1) is 18.5 Å². The minimum atomic E-state index is 0.660. The maximum Gasteiger partial charge on any atom is 0.119 e. The third-order valence-corrected chi connectivity index (χ3v) is 3.69. The van der Waals surface area contributed by atoms with E-state index >= 15 is 0 Å². The summed E-state index contributed by atoms with van der Waals surface area (Å²) in [5.41, 5.74) is 7.49. The van der Waals surface area contributed by atoms with Crippen LogP contribution in [0.15, 0.2) is 47.6 Å². The van der Waals surface area contributed by atoms with Crippen molar-refractivity contribution in [1.29, 1.82) is 0 Å². The van der Waals surface area contributed by atoms with E-state index in [4.69, 9.17) is 4.74 Å². The van der Waals surface area contributed by atoms with Gasteiger partial charge in [-0.25, -0.2) is 0 Å². The standard InChI is InChI=1S/C20H26N2O/c1-15(2)10-11-23-19-12-16(3)20(17(4)13-19)14-21-22-18-8-6-5-7-9-18/h5-9,12-15,22H,10-11H2,1-4H3. The first-order valence-corrected chi connectivity index (χ1v) is 8.14. The fourth-order valence-corrected chi connectivity index (χ4v) is 2.32. The van der Waals surface area contributed by atoms with Crippen LogP contribution in [0.4, 0.5) is 5.69 Å². The van der Waals surface area contributed by atoms with Gasteiger partial charge in [0.2, 0.25) is 0 Å². The van der Waals surface area contributed by atoms with E-state index in [2.05, 4.69) is 50.4 Å². The molecule has 2 aromatic rings. The van der Waals surface area contributed by atoms with Crippen molar-refractivity contribution in [1.82, 2.24) is 0 Å². The predicted molar refractivity (Wildman–Crippen MR) is 98.5 cm³/mol. The Labute approximate surface area is 139 Å². The summed E-state index contributed by atoms with van der Waals surface area (Å²) in [6.45, 7) is 9.36. The van der Waals surface area contributed by atoms with Gasteiger partial charge in [-0.15, -0.1) is 0 Å². The molecule has 0 atom stereocenters. The molecule has 0 amide bonds. The average Bonchev–Trinajstić information content (AvgIpc) is 2.51. The molecule has 0 aliphatic heterocycles. The molecule has 2 rings (SSSR count). The van der Waals surface area contributed by atoms with E-state index in [-0.39, 0.29) is 0 Å². The molecule has 0 bridgehead atoms. The minimum absolute atomic E-state index is 0.660. The summed E-state index contributed by atoms with van der Waals surface area (Å²) in [5.74, 6) is 1.60. The summed E-state index contributed by atoms with van der Waals surface area (Å²) in [6.07, 6.45) is 2.94. The van der Waals surface area contributed by atoms with Crippen LogP contribution in [0.5, 0.6) is 5.75 Å². The highest BCUT2D eigenvalue weighted by atomic mass is 16.5. The summed E-state index contributed by atoms with van der Waals surface area (Å²) in [4.78, 5) is 0. The van der Waals surface area contributed by atoms with Crippen molar-refractivity contribution >= 4 is 11.9 Å². The van der Waals surface area contributed by atoms with Crippen LogP contribution in [0.3, 0.4) is 0 Å². The largest absolute Gasteiger partial charge is 0.494 e. The van der Waals surface area contributed by atoms with Gasteiger partial charge >= 0.3 is 0 Å². The lowest BCUT2D eigenvalue weighted by molar-refractivity contribution is 0.289. The summed E-state index contributed by atoms with van der Waals surface area (Å²) in [6, 6.07) is 14.1. The zero-order valence-corrected chi connectivity index (χ0v) is 14.5. The Hall–Kier alpha value is -2.29. The highest BCUT2D eigenvalue weighted by Crippen LogP contribution is 2.21. The van der Waals surface area contributed by atoms with Crippen LogP contribution in [0.25, 0.3) is 0 Å². The molecule has 1 N–H and O–H groups in total. The van der Waals surface area contributed by atoms with Crippen LogP contribution >= 0.6 is 0 Å². The van der Waals surface area contributed by atoms with Crippen LogP contribution in [0.1, 0.15) is 37.0 Å². The average molecular weight is 310 g/mol. The number of hydrazone groups is 1. The molecule has 3 heteroatoms. The van der Waals surface area contributed by atoms with Crippen LogP contribution < -0.4 is 10.2 Å². The first kappa shape index (κ1) is 17.1. The van der Waals surface area contributed by atoms with Gasteiger partial charge in [0.1, 0.15) is 5.75 Å². The molecule has 23 heavy (non-hydrogen) atoms. The summed E-state index contributed by atoms with van der Waals surface area (Å²) in [7, 11) is 0. The highest BCUT2D eigenvalue weighted by molar-refractivity contribution is 5.84. The number of para-hydroxylation sites is 1. The van der Waals surface area contributed by atoms with E-state index in [0.29, 0.717) is 5.92 Å². The third-order valence-electron chi connectivity index (χ3n) is 3.69. The van der Waals surface area contributed by atoms with E-state index in [0.717, 1.165) is 30.0 Å². The van der Waals surface area contributed by atoms with E-state index in [1.807, 2.05) is 36.5 Å². The molecule has 0 saturated carbocycles. The lowest BCUT2D eigenvalue weighted by atomic mass is 10.0. The molecule has 0 unspecified atom stereocenters. The smallest absolute Gasteiger partial charge is 0.119 e. The third kappa shape index (κ3) is 5.44. The fourth-order valence-electron chi connectivity index (χ4n) is 2.32. The molecule has 0 radical (unpaired) electrons. The van der Waals surface area contributed by atoms with Gasteiger partial charge in [-0.05, 0) is 61.6 Å². The van der Waals surface area contributed by atoms with Crippen LogP contribution in [0, 0.1) is 19.8 Å². The molecule has 0 aromatic heterocycles. The molecule has 0 saturated heterocycles. The van der Waals surface area contributed by atoms with Crippen LogP contribution in [0.2, 0.25) is 0 Å².